The number of hydrogen-bond acceptors (Lipinski definition) is 3. The molecule has 1 atom stereocenters. The second-order valence-electron chi connectivity index (χ2n) is 6.88. The SMILES string of the molecule is CC(C)(C)n1cc(C(=O)OC2CCc3ccccc3C2)cn1. The largest absolute Gasteiger partial charge is 0.458 e. The Kier molecular flexibility index (Phi) is 3.77. The van der Waals surface area contributed by atoms with E-state index in [1.165, 1.54) is 11.1 Å². The average Bonchev–Trinajstić information content (AvgIpc) is 2.97. The maximum absolute atomic E-state index is 12.3. The molecule has 0 aliphatic heterocycles. The zero-order valence-corrected chi connectivity index (χ0v) is 13.4. The number of esters is 1. The van der Waals surface area contributed by atoms with Gasteiger partial charge in [-0.25, -0.2) is 4.79 Å². The lowest BCUT2D eigenvalue weighted by atomic mass is 9.90. The van der Waals surface area contributed by atoms with E-state index in [0.29, 0.717) is 5.56 Å². The van der Waals surface area contributed by atoms with Gasteiger partial charge in [0.05, 0.1) is 17.3 Å². The molecule has 22 heavy (non-hydrogen) atoms. The van der Waals surface area contributed by atoms with E-state index in [2.05, 4.69) is 23.3 Å². The van der Waals surface area contributed by atoms with Gasteiger partial charge >= 0.3 is 5.97 Å². The minimum Gasteiger partial charge on any atom is -0.458 e. The minimum atomic E-state index is -0.278. The average molecular weight is 298 g/mol. The summed E-state index contributed by atoms with van der Waals surface area (Å²) < 4.78 is 7.46. The van der Waals surface area contributed by atoms with Crippen molar-refractivity contribution in [2.45, 2.75) is 51.7 Å². The molecule has 0 saturated carbocycles. The van der Waals surface area contributed by atoms with E-state index >= 15 is 0 Å². The van der Waals surface area contributed by atoms with Gasteiger partial charge in [-0.05, 0) is 44.7 Å². The fraction of sp³-hybridized carbons (Fsp3) is 0.444. The van der Waals surface area contributed by atoms with Crippen molar-refractivity contribution in [3.05, 3.63) is 53.3 Å². The molecule has 1 aromatic carbocycles. The third-order valence-corrected chi connectivity index (χ3v) is 4.08. The summed E-state index contributed by atoms with van der Waals surface area (Å²) in [6.45, 7) is 6.15. The molecule has 1 heterocycles. The van der Waals surface area contributed by atoms with Crippen molar-refractivity contribution >= 4 is 5.97 Å². The van der Waals surface area contributed by atoms with E-state index in [-0.39, 0.29) is 17.6 Å². The van der Waals surface area contributed by atoms with E-state index in [9.17, 15) is 4.79 Å². The number of aromatic nitrogens is 2. The number of carbonyl (C=O) groups excluding carboxylic acids is 1. The van der Waals surface area contributed by atoms with E-state index in [0.717, 1.165) is 19.3 Å². The molecule has 4 heteroatoms. The van der Waals surface area contributed by atoms with Gasteiger partial charge in [0, 0.05) is 12.6 Å². The number of fused-ring (bicyclic) bond motifs is 1. The fourth-order valence-corrected chi connectivity index (χ4v) is 2.78. The van der Waals surface area contributed by atoms with Crippen LogP contribution in [-0.4, -0.2) is 21.9 Å². The molecule has 0 spiro atoms. The second-order valence-corrected chi connectivity index (χ2v) is 6.88. The molecule has 1 unspecified atom stereocenters. The lowest BCUT2D eigenvalue weighted by molar-refractivity contribution is 0.0270. The van der Waals surface area contributed by atoms with Crippen LogP contribution in [0.1, 0.15) is 48.7 Å². The zero-order chi connectivity index (χ0) is 15.7. The van der Waals surface area contributed by atoms with Gasteiger partial charge in [-0.15, -0.1) is 0 Å². The Morgan fingerprint density at radius 1 is 1.27 bits per heavy atom. The molecule has 4 nitrogen and oxygen atoms in total. The topological polar surface area (TPSA) is 44.1 Å². The standard InChI is InChI=1S/C18H22N2O2/c1-18(2,3)20-12-15(11-19-20)17(21)22-16-9-8-13-6-4-5-7-14(13)10-16/h4-7,11-12,16H,8-10H2,1-3H3. The van der Waals surface area contributed by atoms with E-state index in [4.69, 9.17) is 4.74 Å². The van der Waals surface area contributed by atoms with Gasteiger partial charge in [-0.2, -0.15) is 5.10 Å². The number of hydrogen-bond donors (Lipinski definition) is 0. The van der Waals surface area contributed by atoms with Crippen molar-refractivity contribution in [1.82, 2.24) is 9.78 Å². The highest BCUT2D eigenvalue weighted by molar-refractivity contribution is 5.88. The highest BCUT2D eigenvalue weighted by Gasteiger charge is 2.24. The highest BCUT2D eigenvalue weighted by atomic mass is 16.5. The van der Waals surface area contributed by atoms with Gasteiger partial charge < -0.3 is 4.74 Å². The first-order chi connectivity index (χ1) is 10.4. The van der Waals surface area contributed by atoms with Crippen LogP contribution in [0.3, 0.4) is 0 Å². The summed E-state index contributed by atoms with van der Waals surface area (Å²) in [5, 5.41) is 4.25. The number of ether oxygens (including phenoxy) is 1. The first-order valence-corrected chi connectivity index (χ1v) is 7.76. The lowest BCUT2D eigenvalue weighted by Crippen LogP contribution is -2.25. The monoisotopic (exact) mass is 298 g/mol. The Balaban J connectivity index is 1.67. The summed E-state index contributed by atoms with van der Waals surface area (Å²) in [6, 6.07) is 8.37. The molecule has 1 aliphatic rings. The van der Waals surface area contributed by atoms with Gasteiger partial charge in [-0.1, -0.05) is 24.3 Å². The first kappa shape index (κ1) is 14.8. The van der Waals surface area contributed by atoms with Crippen LogP contribution >= 0.6 is 0 Å². The van der Waals surface area contributed by atoms with E-state index < -0.39 is 0 Å². The Labute approximate surface area is 131 Å². The molecular formula is C18H22N2O2. The third-order valence-electron chi connectivity index (χ3n) is 4.08. The molecule has 116 valence electrons. The van der Waals surface area contributed by atoms with Crippen LogP contribution in [0.5, 0.6) is 0 Å². The normalized spacial score (nSPS) is 17.9. The Bertz CT molecular complexity index is 682. The molecule has 3 rings (SSSR count). The number of nitrogens with zero attached hydrogens (tertiary/aromatic N) is 2. The summed E-state index contributed by atoms with van der Waals surface area (Å²) in [5.74, 6) is -0.278. The van der Waals surface area contributed by atoms with Crippen LogP contribution in [0.15, 0.2) is 36.7 Å². The van der Waals surface area contributed by atoms with Crippen molar-refractivity contribution in [1.29, 1.82) is 0 Å². The van der Waals surface area contributed by atoms with Gasteiger partial charge in [0.15, 0.2) is 0 Å². The van der Waals surface area contributed by atoms with Gasteiger partial charge in [0.1, 0.15) is 6.10 Å². The minimum absolute atomic E-state index is 0.0413. The predicted octanol–water partition coefficient (Wildman–Crippen LogP) is 3.35. The first-order valence-electron chi connectivity index (χ1n) is 7.76. The highest BCUT2D eigenvalue weighted by Crippen LogP contribution is 2.24. The Morgan fingerprint density at radius 3 is 2.68 bits per heavy atom. The summed E-state index contributed by atoms with van der Waals surface area (Å²) >= 11 is 0. The molecule has 0 N–H and O–H groups in total. The quantitative estimate of drug-likeness (QED) is 0.799. The third kappa shape index (κ3) is 3.06. The van der Waals surface area contributed by atoms with Crippen LogP contribution in [0.4, 0.5) is 0 Å². The van der Waals surface area contributed by atoms with Crippen LogP contribution < -0.4 is 0 Å². The lowest BCUT2D eigenvalue weighted by Gasteiger charge is -2.24. The van der Waals surface area contributed by atoms with Crippen molar-refractivity contribution in [2.75, 3.05) is 0 Å². The molecule has 0 bridgehead atoms. The second kappa shape index (κ2) is 5.59. The summed E-state index contributed by atoms with van der Waals surface area (Å²) in [4.78, 5) is 12.3. The van der Waals surface area contributed by atoms with E-state index in [1.807, 2.05) is 26.8 Å². The molecule has 0 saturated heterocycles. The number of aryl methyl sites for hydroxylation is 1. The summed E-state index contributed by atoms with van der Waals surface area (Å²) in [6.07, 6.45) is 5.96. The van der Waals surface area contributed by atoms with Gasteiger partial charge in [0.25, 0.3) is 0 Å². The van der Waals surface area contributed by atoms with Crippen LogP contribution in [0.25, 0.3) is 0 Å². The molecule has 1 aromatic heterocycles. The molecule has 0 amide bonds. The molecule has 2 aromatic rings. The van der Waals surface area contributed by atoms with Gasteiger partial charge in [0.2, 0.25) is 0 Å². The Morgan fingerprint density at radius 2 is 2.00 bits per heavy atom. The number of carbonyl (C=O) groups is 1. The fourth-order valence-electron chi connectivity index (χ4n) is 2.78. The smallest absolute Gasteiger partial charge is 0.341 e. The van der Waals surface area contributed by atoms with Crippen molar-refractivity contribution in [3.8, 4) is 0 Å². The van der Waals surface area contributed by atoms with Crippen molar-refractivity contribution in [2.24, 2.45) is 0 Å². The van der Waals surface area contributed by atoms with Crippen molar-refractivity contribution in [3.63, 3.8) is 0 Å². The molecular weight excluding hydrogens is 276 g/mol. The molecule has 0 radical (unpaired) electrons. The van der Waals surface area contributed by atoms with E-state index in [1.54, 1.807) is 17.1 Å². The number of rotatable bonds is 2. The van der Waals surface area contributed by atoms with Gasteiger partial charge in [-0.3, -0.25) is 4.68 Å². The maximum Gasteiger partial charge on any atom is 0.341 e. The summed E-state index contributed by atoms with van der Waals surface area (Å²) in [7, 11) is 0. The Hall–Kier alpha value is -2.10. The maximum atomic E-state index is 12.3. The molecule has 0 fully saturated rings. The van der Waals surface area contributed by atoms with Crippen LogP contribution in [0.2, 0.25) is 0 Å². The molecule has 1 aliphatic carbocycles. The van der Waals surface area contributed by atoms with Crippen LogP contribution in [-0.2, 0) is 23.1 Å². The van der Waals surface area contributed by atoms with Crippen LogP contribution in [0, 0.1) is 0 Å². The summed E-state index contributed by atoms with van der Waals surface area (Å²) in [5.41, 5.74) is 3.04. The zero-order valence-electron chi connectivity index (χ0n) is 13.4. The van der Waals surface area contributed by atoms with Crippen molar-refractivity contribution < 1.29 is 9.53 Å². The number of benzene rings is 1. The predicted molar refractivity (Wildman–Crippen MR) is 84.9 cm³/mol.